The van der Waals surface area contributed by atoms with E-state index >= 15 is 0 Å². The molecule has 2 fully saturated rings. The van der Waals surface area contributed by atoms with Gasteiger partial charge in [-0.25, -0.2) is 0 Å². The Bertz CT molecular complexity index is 577. The molecule has 27 heavy (non-hydrogen) atoms. The Morgan fingerprint density at radius 1 is 1.22 bits per heavy atom. The van der Waals surface area contributed by atoms with E-state index in [1.165, 1.54) is 5.57 Å². The Hall–Kier alpha value is -1.40. The third kappa shape index (κ3) is 6.04. The third-order valence-electron chi connectivity index (χ3n) is 5.65. The van der Waals surface area contributed by atoms with Gasteiger partial charge in [0.1, 0.15) is 0 Å². The lowest BCUT2D eigenvalue weighted by Gasteiger charge is -2.49. The van der Waals surface area contributed by atoms with Crippen molar-refractivity contribution in [1.29, 1.82) is 0 Å². The molecule has 1 unspecified atom stereocenters. The largest absolute Gasteiger partial charge is 0.353 e. The van der Waals surface area contributed by atoms with Crippen LogP contribution in [0.4, 0.5) is 0 Å². The first-order chi connectivity index (χ1) is 12.4. The van der Waals surface area contributed by atoms with Crippen LogP contribution in [0.2, 0.25) is 0 Å². The SMILES string of the molecule is CC(C)=CCN1CCNC(=O)C1CC(=O)N(C)C1CC(C)(C)NC(C)(C)C1. The van der Waals surface area contributed by atoms with Gasteiger partial charge in [0.05, 0.1) is 12.5 Å². The number of nitrogens with one attached hydrogen (secondary N) is 2. The summed E-state index contributed by atoms with van der Waals surface area (Å²) in [5, 5.41) is 6.58. The van der Waals surface area contributed by atoms with Gasteiger partial charge in [0.15, 0.2) is 0 Å². The molecule has 0 aliphatic carbocycles. The maximum atomic E-state index is 13.0. The van der Waals surface area contributed by atoms with Crippen LogP contribution in [0.25, 0.3) is 0 Å². The number of amides is 2. The molecule has 2 amide bonds. The molecule has 0 saturated carbocycles. The van der Waals surface area contributed by atoms with Crippen molar-refractivity contribution < 1.29 is 9.59 Å². The molecule has 0 aromatic heterocycles. The van der Waals surface area contributed by atoms with Gasteiger partial charge in [0.25, 0.3) is 0 Å². The van der Waals surface area contributed by atoms with Gasteiger partial charge in [-0.1, -0.05) is 11.6 Å². The van der Waals surface area contributed by atoms with E-state index in [4.69, 9.17) is 0 Å². The minimum absolute atomic E-state index is 0.0152. The number of piperazine rings is 1. The highest BCUT2D eigenvalue weighted by molar-refractivity contribution is 5.89. The van der Waals surface area contributed by atoms with Gasteiger partial charge in [0, 0.05) is 43.8 Å². The molecular formula is C21H38N4O2. The zero-order valence-electron chi connectivity index (χ0n) is 18.2. The van der Waals surface area contributed by atoms with Crippen molar-refractivity contribution in [2.45, 2.75) is 84.0 Å². The summed E-state index contributed by atoms with van der Waals surface area (Å²) in [6.45, 7) is 15.0. The van der Waals surface area contributed by atoms with Crippen LogP contribution >= 0.6 is 0 Å². The second-order valence-electron chi connectivity index (χ2n) is 9.75. The molecule has 154 valence electrons. The van der Waals surface area contributed by atoms with Crippen molar-refractivity contribution in [1.82, 2.24) is 20.4 Å². The van der Waals surface area contributed by atoms with Gasteiger partial charge in [-0.2, -0.15) is 0 Å². The topological polar surface area (TPSA) is 64.7 Å². The van der Waals surface area contributed by atoms with Gasteiger partial charge in [-0.15, -0.1) is 0 Å². The lowest BCUT2D eigenvalue weighted by atomic mass is 9.79. The van der Waals surface area contributed by atoms with Gasteiger partial charge < -0.3 is 15.5 Å². The van der Waals surface area contributed by atoms with E-state index < -0.39 is 0 Å². The van der Waals surface area contributed by atoms with Crippen LogP contribution < -0.4 is 10.6 Å². The minimum atomic E-state index is -0.382. The summed E-state index contributed by atoms with van der Waals surface area (Å²) in [6.07, 6.45) is 4.19. The second kappa shape index (κ2) is 8.31. The van der Waals surface area contributed by atoms with Crippen LogP contribution in [-0.4, -0.2) is 71.5 Å². The highest BCUT2D eigenvalue weighted by Gasteiger charge is 2.41. The lowest BCUT2D eigenvalue weighted by molar-refractivity contribution is -0.140. The molecule has 0 radical (unpaired) electrons. The molecule has 2 aliphatic heterocycles. The Labute approximate surface area is 164 Å². The predicted molar refractivity (Wildman–Crippen MR) is 110 cm³/mol. The standard InChI is InChI=1S/C21H38N4O2/c1-15(2)8-10-25-11-9-22-19(27)17(25)12-18(26)24(7)16-13-20(3,4)23-21(5,6)14-16/h8,16-17,23H,9-14H2,1-7H3,(H,22,27). The monoisotopic (exact) mass is 378 g/mol. The molecule has 0 bridgehead atoms. The molecular weight excluding hydrogens is 340 g/mol. The highest BCUT2D eigenvalue weighted by atomic mass is 16.2. The van der Waals surface area contributed by atoms with E-state index in [0.29, 0.717) is 13.1 Å². The normalized spacial score (nSPS) is 25.6. The summed E-state index contributed by atoms with van der Waals surface area (Å²) in [5.41, 5.74) is 1.19. The van der Waals surface area contributed by atoms with Crippen molar-refractivity contribution in [3.8, 4) is 0 Å². The number of allylic oxidation sites excluding steroid dienone is 1. The summed E-state index contributed by atoms with van der Waals surface area (Å²) in [5.74, 6) is 0.0221. The van der Waals surface area contributed by atoms with Crippen molar-refractivity contribution in [2.75, 3.05) is 26.7 Å². The quantitative estimate of drug-likeness (QED) is 0.718. The fraction of sp³-hybridized carbons (Fsp3) is 0.810. The molecule has 0 aromatic rings. The highest BCUT2D eigenvalue weighted by Crippen LogP contribution is 2.31. The van der Waals surface area contributed by atoms with Gasteiger partial charge in [-0.05, 0) is 54.4 Å². The number of hydrogen-bond donors (Lipinski definition) is 2. The Kier molecular flexibility index (Phi) is 6.74. The molecule has 0 spiro atoms. The molecule has 0 aromatic carbocycles. The average molecular weight is 379 g/mol. The molecule has 2 heterocycles. The lowest BCUT2D eigenvalue weighted by Crippen LogP contribution is -2.63. The predicted octanol–water partition coefficient (Wildman–Crippen LogP) is 1.91. The van der Waals surface area contributed by atoms with Gasteiger partial charge in [0.2, 0.25) is 11.8 Å². The van der Waals surface area contributed by atoms with Crippen LogP contribution in [0.5, 0.6) is 0 Å². The average Bonchev–Trinajstić information content (AvgIpc) is 2.51. The molecule has 6 heteroatoms. The summed E-state index contributed by atoms with van der Waals surface area (Å²) < 4.78 is 0. The smallest absolute Gasteiger partial charge is 0.237 e. The number of carbonyl (C=O) groups excluding carboxylic acids is 2. The first kappa shape index (κ1) is 21.9. The van der Waals surface area contributed by atoms with Crippen molar-refractivity contribution >= 4 is 11.8 Å². The van der Waals surface area contributed by atoms with Crippen LogP contribution in [0, 0.1) is 0 Å². The van der Waals surface area contributed by atoms with Crippen LogP contribution in [0.1, 0.15) is 60.8 Å². The fourth-order valence-corrected chi connectivity index (χ4v) is 4.56. The number of rotatable bonds is 5. The zero-order chi connectivity index (χ0) is 20.4. The Morgan fingerprint density at radius 2 is 1.81 bits per heavy atom. The van der Waals surface area contributed by atoms with Crippen LogP contribution in [0.15, 0.2) is 11.6 Å². The van der Waals surface area contributed by atoms with E-state index in [9.17, 15) is 9.59 Å². The number of carbonyl (C=O) groups is 2. The minimum Gasteiger partial charge on any atom is -0.353 e. The summed E-state index contributed by atoms with van der Waals surface area (Å²) in [6, 6.07) is -0.200. The molecule has 1 atom stereocenters. The van der Waals surface area contributed by atoms with E-state index in [1.807, 2.05) is 11.9 Å². The van der Waals surface area contributed by atoms with Crippen molar-refractivity contribution in [3.05, 3.63) is 11.6 Å². The number of hydrogen-bond acceptors (Lipinski definition) is 4. The second-order valence-corrected chi connectivity index (χ2v) is 9.75. The molecule has 2 N–H and O–H groups in total. The molecule has 6 nitrogen and oxygen atoms in total. The van der Waals surface area contributed by atoms with Gasteiger partial charge in [-0.3, -0.25) is 14.5 Å². The first-order valence-corrected chi connectivity index (χ1v) is 10.1. The first-order valence-electron chi connectivity index (χ1n) is 10.1. The Balaban J connectivity index is 2.06. The maximum absolute atomic E-state index is 13.0. The molecule has 2 rings (SSSR count). The van der Waals surface area contributed by atoms with E-state index in [0.717, 1.165) is 19.4 Å². The summed E-state index contributed by atoms with van der Waals surface area (Å²) in [4.78, 5) is 29.5. The summed E-state index contributed by atoms with van der Waals surface area (Å²) in [7, 11) is 1.89. The third-order valence-corrected chi connectivity index (χ3v) is 5.65. The Morgan fingerprint density at radius 3 is 2.37 bits per heavy atom. The molecule has 2 saturated heterocycles. The maximum Gasteiger partial charge on any atom is 0.237 e. The van der Waals surface area contributed by atoms with E-state index in [2.05, 4.69) is 63.2 Å². The van der Waals surface area contributed by atoms with E-state index in [-0.39, 0.29) is 41.4 Å². The van der Waals surface area contributed by atoms with Crippen LogP contribution in [0.3, 0.4) is 0 Å². The number of nitrogens with zero attached hydrogens (tertiary/aromatic N) is 2. The van der Waals surface area contributed by atoms with Gasteiger partial charge >= 0.3 is 0 Å². The molecule has 2 aliphatic rings. The van der Waals surface area contributed by atoms with Crippen molar-refractivity contribution in [3.63, 3.8) is 0 Å². The fourth-order valence-electron chi connectivity index (χ4n) is 4.56. The van der Waals surface area contributed by atoms with E-state index in [1.54, 1.807) is 0 Å². The zero-order valence-corrected chi connectivity index (χ0v) is 18.2. The summed E-state index contributed by atoms with van der Waals surface area (Å²) >= 11 is 0. The number of piperidine rings is 1. The van der Waals surface area contributed by atoms with Crippen molar-refractivity contribution in [2.24, 2.45) is 0 Å². The van der Waals surface area contributed by atoms with Crippen LogP contribution in [-0.2, 0) is 9.59 Å².